The fourth-order valence-corrected chi connectivity index (χ4v) is 2.93. The Morgan fingerprint density at radius 3 is 3.25 bits per heavy atom. The molecule has 0 spiro atoms. The van der Waals surface area contributed by atoms with E-state index in [4.69, 9.17) is 22.1 Å². The summed E-state index contributed by atoms with van der Waals surface area (Å²) in [5.41, 5.74) is 6.11. The molecule has 0 aromatic carbocycles. The molecule has 2 unspecified atom stereocenters. The van der Waals surface area contributed by atoms with E-state index in [-0.39, 0.29) is 6.04 Å². The quantitative estimate of drug-likeness (QED) is 0.841. The van der Waals surface area contributed by atoms with Crippen molar-refractivity contribution in [3.63, 3.8) is 0 Å². The standard InChI is InChI=1S/C11H15ClN2OS/c12-9-2-1-4-14-11(9)16-7-10(13)8-3-5-15-6-8/h1-2,4,8,10H,3,5-7,13H2. The van der Waals surface area contributed by atoms with Gasteiger partial charge in [0.25, 0.3) is 0 Å². The summed E-state index contributed by atoms with van der Waals surface area (Å²) in [6, 6.07) is 3.84. The van der Waals surface area contributed by atoms with Gasteiger partial charge in [0.15, 0.2) is 0 Å². The fourth-order valence-electron chi connectivity index (χ4n) is 1.68. The molecule has 0 bridgehead atoms. The lowest BCUT2D eigenvalue weighted by Crippen LogP contribution is -2.32. The van der Waals surface area contributed by atoms with Crippen molar-refractivity contribution in [2.75, 3.05) is 19.0 Å². The maximum absolute atomic E-state index is 6.11. The minimum absolute atomic E-state index is 0.158. The highest BCUT2D eigenvalue weighted by Gasteiger charge is 2.22. The summed E-state index contributed by atoms with van der Waals surface area (Å²) < 4.78 is 5.32. The zero-order valence-corrected chi connectivity index (χ0v) is 10.5. The summed E-state index contributed by atoms with van der Waals surface area (Å²) in [5.74, 6) is 1.32. The number of thioether (sulfide) groups is 1. The third kappa shape index (κ3) is 3.10. The van der Waals surface area contributed by atoms with Crippen LogP contribution in [0.25, 0.3) is 0 Å². The Morgan fingerprint density at radius 1 is 1.69 bits per heavy atom. The lowest BCUT2D eigenvalue weighted by Gasteiger charge is -2.16. The van der Waals surface area contributed by atoms with E-state index >= 15 is 0 Å². The maximum atomic E-state index is 6.11. The van der Waals surface area contributed by atoms with Crippen LogP contribution in [0.4, 0.5) is 0 Å². The molecule has 0 radical (unpaired) electrons. The van der Waals surface area contributed by atoms with Gasteiger partial charge in [0.2, 0.25) is 0 Å². The van der Waals surface area contributed by atoms with Crippen LogP contribution < -0.4 is 5.73 Å². The van der Waals surface area contributed by atoms with Crippen LogP contribution in [-0.4, -0.2) is 30.0 Å². The molecule has 2 atom stereocenters. The molecule has 0 amide bonds. The summed E-state index contributed by atoms with van der Waals surface area (Å²) in [5, 5.41) is 1.56. The first kappa shape index (κ1) is 12.2. The van der Waals surface area contributed by atoms with Gasteiger partial charge in [0.1, 0.15) is 5.03 Å². The molecule has 1 aromatic heterocycles. The molecule has 0 saturated carbocycles. The van der Waals surface area contributed by atoms with Gasteiger partial charge < -0.3 is 10.5 Å². The lowest BCUT2D eigenvalue weighted by molar-refractivity contribution is 0.182. The molecular weight excluding hydrogens is 244 g/mol. The molecule has 2 heterocycles. The molecule has 1 aliphatic rings. The molecule has 88 valence electrons. The zero-order chi connectivity index (χ0) is 11.4. The van der Waals surface area contributed by atoms with Crippen LogP contribution in [0, 0.1) is 5.92 Å². The maximum Gasteiger partial charge on any atom is 0.115 e. The van der Waals surface area contributed by atoms with Crippen molar-refractivity contribution < 1.29 is 4.74 Å². The zero-order valence-electron chi connectivity index (χ0n) is 8.93. The smallest absolute Gasteiger partial charge is 0.115 e. The molecular formula is C11H15ClN2OS. The predicted octanol–water partition coefficient (Wildman–Crippen LogP) is 2.19. The monoisotopic (exact) mass is 258 g/mol. The van der Waals surface area contributed by atoms with Crippen LogP contribution in [0.2, 0.25) is 5.02 Å². The van der Waals surface area contributed by atoms with Gasteiger partial charge in [0, 0.05) is 30.5 Å². The molecule has 1 fully saturated rings. The summed E-state index contributed by atoms with van der Waals surface area (Å²) in [7, 11) is 0. The molecule has 2 rings (SSSR count). The number of ether oxygens (including phenoxy) is 1. The number of aromatic nitrogens is 1. The number of halogens is 1. The topological polar surface area (TPSA) is 48.1 Å². The minimum atomic E-state index is 0.158. The van der Waals surface area contributed by atoms with E-state index in [0.29, 0.717) is 10.9 Å². The second-order valence-electron chi connectivity index (χ2n) is 3.89. The molecule has 0 aliphatic carbocycles. The number of nitrogens with two attached hydrogens (primary N) is 1. The molecule has 1 aromatic rings. The highest BCUT2D eigenvalue weighted by Crippen LogP contribution is 2.26. The minimum Gasteiger partial charge on any atom is -0.381 e. The van der Waals surface area contributed by atoms with E-state index in [1.165, 1.54) is 0 Å². The van der Waals surface area contributed by atoms with Gasteiger partial charge in [-0.3, -0.25) is 0 Å². The van der Waals surface area contributed by atoms with Crippen LogP contribution in [-0.2, 0) is 4.74 Å². The van der Waals surface area contributed by atoms with Gasteiger partial charge in [-0.05, 0) is 18.6 Å². The Morgan fingerprint density at radius 2 is 2.56 bits per heavy atom. The fraction of sp³-hybridized carbons (Fsp3) is 0.545. The Kier molecular flexibility index (Phi) is 4.46. The SMILES string of the molecule is NC(CSc1ncccc1Cl)C1CCOC1. The van der Waals surface area contributed by atoms with Crippen molar-refractivity contribution in [1.29, 1.82) is 0 Å². The first-order valence-corrected chi connectivity index (χ1v) is 6.70. The third-order valence-electron chi connectivity index (χ3n) is 2.71. The normalized spacial score (nSPS) is 22.2. The van der Waals surface area contributed by atoms with E-state index in [1.807, 2.05) is 12.1 Å². The second kappa shape index (κ2) is 5.87. The molecule has 2 N–H and O–H groups in total. The molecule has 16 heavy (non-hydrogen) atoms. The van der Waals surface area contributed by atoms with Gasteiger partial charge in [-0.15, -0.1) is 11.8 Å². The van der Waals surface area contributed by atoms with Gasteiger partial charge >= 0.3 is 0 Å². The van der Waals surface area contributed by atoms with Gasteiger partial charge in [-0.2, -0.15) is 0 Å². The van der Waals surface area contributed by atoms with Crippen molar-refractivity contribution in [3.8, 4) is 0 Å². The van der Waals surface area contributed by atoms with E-state index in [0.717, 1.165) is 30.4 Å². The van der Waals surface area contributed by atoms with Crippen molar-refractivity contribution in [2.24, 2.45) is 11.7 Å². The van der Waals surface area contributed by atoms with Gasteiger partial charge in [-0.25, -0.2) is 4.98 Å². The number of nitrogens with zero attached hydrogens (tertiary/aromatic N) is 1. The van der Waals surface area contributed by atoms with Crippen LogP contribution in [0.15, 0.2) is 23.4 Å². The Balaban J connectivity index is 1.84. The highest BCUT2D eigenvalue weighted by molar-refractivity contribution is 7.99. The Hall–Kier alpha value is -0.290. The first-order chi connectivity index (χ1) is 7.77. The van der Waals surface area contributed by atoms with Crippen molar-refractivity contribution in [2.45, 2.75) is 17.5 Å². The lowest BCUT2D eigenvalue weighted by atomic mass is 10.0. The Bertz CT molecular complexity index is 345. The van der Waals surface area contributed by atoms with Crippen LogP contribution in [0.5, 0.6) is 0 Å². The third-order valence-corrected chi connectivity index (χ3v) is 4.27. The van der Waals surface area contributed by atoms with Gasteiger partial charge in [-0.1, -0.05) is 11.6 Å². The van der Waals surface area contributed by atoms with E-state index < -0.39 is 0 Å². The second-order valence-corrected chi connectivity index (χ2v) is 5.30. The molecule has 5 heteroatoms. The number of rotatable bonds is 4. The van der Waals surface area contributed by atoms with Crippen molar-refractivity contribution >= 4 is 23.4 Å². The summed E-state index contributed by atoms with van der Waals surface area (Å²) >= 11 is 7.64. The van der Waals surface area contributed by atoms with Crippen LogP contribution >= 0.6 is 23.4 Å². The van der Waals surface area contributed by atoms with E-state index in [9.17, 15) is 0 Å². The summed E-state index contributed by atoms with van der Waals surface area (Å²) in [6.45, 7) is 1.63. The van der Waals surface area contributed by atoms with Crippen molar-refractivity contribution in [3.05, 3.63) is 23.4 Å². The van der Waals surface area contributed by atoms with E-state index in [2.05, 4.69) is 4.98 Å². The predicted molar refractivity (Wildman–Crippen MR) is 66.9 cm³/mol. The highest BCUT2D eigenvalue weighted by atomic mass is 35.5. The average Bonchev–Trinajstić information content (AvgIpc) is 2.81. The Labute approximate surface area is 105 Å². The number of hydrogen-bond donors (Lipinski definition) is 1. The van der Waals surface area contributed by atoms with E-state index in [1.54, 1.807) is 18.0 Å². The molecule has 1 saturated heterocycles. The van der Waals surface area contributed by atoms with Gasteiger partial charge in [0.05, 0.1) is 11.6 Å². The largest absolute Gasteiger partial charge is 0.381 e. The summed E-state index contributed by atoms with van der Waals surface area (Å²) in [4.78, 5) is 4.22. The number of pyridine rings is 1. The van der Waals surface area contributed by atoms with Crippen molar-refractivity contribution in [1.82, 2.24) is 4.98 Å². The average molecular weight is 259 g/mol. The van der Waals surface area contributed by atoms with Crippen LogP contribution in [0.1, 0.15) is 6.42 Å². The molecule has 1 aliphatic heterocycles. The van der Waals surface area contributed by atoms with Crippen LogP contribution in [0.3, 0.4) is 0 Å². The first-order valence-electron chi connectivity index (χ1n) is 5.34. The molecule has 3 nitrogen and oxygen atoms in total. The number of hydrogen-bond acceptors (Lipinski definition) is 4. The summed E-state index contributed by atoms with van der Waals surface area (Å²) in [6.07, 6.45) is 2.82.